The molecule has 1 N–H and O–H groups in total. The number of thioether (sulfide) groups is 1. The number of carbonyl (C=O) groups excluding carboxylic acids is 1. The Bertz CT molecular complexity index is 1120. The van der Waals surface area contributed by atoms with Crippen LogP contribution >= 0.6 is 11.8 Å². The topological polar surface area (TPSA) is 78.3 Å². The standard InChI is InChI=1S/C24H28F2N4O3S/c1-6-21(23(31)27-20-12-7-16(25)13-19(20)26)34-24-29-28-22(30(24)14(2)3)15(4)33-18-10-8-17(32-5)9-11-18/h7-15,21H,6H2,1-5H3,(H,27,31). The lowest BCUT2D eigenvalue weighted by Gasteiger charge is -2.20. The van der Waals surface area contributed by atoms with Crippen molar-refractivity contribution >= 4 is 23.4 Å². The number of nitrogens with one attached hydrogen (secondary N) is 1. The highest BCUT2D eigenvalue weighted by molar-refractivity contribution is 8.00. The van der Waals surface area contributed by atoms with Crippen LogP contribution in [0.2, 0.25) is 0 Å². The molecule has 0 fully saturated rings. The van der Waals surface area contributed by atoms with E-state index in [0.29, 0.717) is 23.2 Å². The summed E-state index contributed by atoms with van der Waals surface area (Å²) >= 11 is 1.24. The predicted molar refractivity (Wildman–Crippen MR) is 127 cm³/mol. The molecule has 2 aromatic carbocycles. The van der Waals surface area contributed by atoms with Crippen molar-refractivity contribution < 1.29 is 23.0 Å². The summed E-state index contributed by atoms with van der Waals surface area (Å²) in [5.74, 6) is 0.0701. The number of aromatic nitrogens is 3. The monoisotopic (exact) mass is 490 g/mol. The lowest BCUT2D eigenvalue weighted by molar-refractivity contribution is -0.115. The molecular weight excluding hydrogens is 462 g/mol. The molecule has 182 valence electrons. The molecule has 34 heavy (non-hydrogen) atoms. The Morgan fingerprint density at radius 2 is 1.76 bits per heavy atom. The zero-order valence-corrected chi connectivity index (χ0v) is 20.5. The highest BCUT2D eigenvalue weighted by Gasteiger charge is 2.26. The van der Waals surface area contributed by atoms with Crippen molar-refractivity contribution in [2.45, 2.75) is 56.7 Å². The van der Waals surface area contributed by atoms with Crippen LogP contribution < -0.4 is 14.8 Å². The smallest absolute Gasteiger partial charge is 0.238 e. The Labute approximate surface area is 201 Å². The van der Waals surface area contributed by atoms with Gasteiger partial charge in [0.25, 0.3) is 0 Å². The Morgan fingerprint density at radius 1 is 1.09 bits per heavy atom. The second kappa shape index (κ2) is 11.3. The molecule has 0 aliphatic carbocycles. The van der Waals surface area contributed by atoms with Crippen LogP contribution in [0.4, 0.5) is 14.5 Å². The minimum absolute atomic E-state index is 0.00419. The van der Waals surface area contributed by atoms with E-state index in [2.05, 4.69) is 15.5 Å². The first-order valence-corrected chi connectivity index (χ1v) is 11.8. The first kappa shape index (κ1) is 25.5. The van der Waals surface area contributed by atoms with E-state index in [1.54, 1.807) is 7.11 Å². The van der Waals surface area contributed by atoms with E-state index in [1.807, 2.05) is 56.5 Å². The zero-order chi connectivity index (χ0) is 24.8. The Hall–Kier alpha value is -3.14. The van der Waals surface area contributed by atoms with Gasteiger partial charge in [0.1, 0.15) is 23.1 Å². The van der Waals surface area contributed by atoms with Crippen molar-refractivity contribution in [3.05, 3.63) is 59.9 Å². The highest BCUT2D eigenvalue weighted by Crippen LogP contribution is 2.31. The van der Waals surface area contributed by atoms with Gasteiger partial charge in [0.2, 0.25) is 5.91 Å². The van der Waals surface area contributed by atoms with Gasteiger partial charge in [0, 0.05) is 12.1 Å². The van der Waals surface area contributed by atoms with E-state index in [0.717, 1.165) is 17.9 Å². The summed E-state index contributed by atoms with van der Waals surface area (Å²) in [6.45, 7) is 7.71. The second-order valence-corrected chi connectivity index (χ2v) is 9.04. The number of amides is 1. The molecule has 1 aromatic heterocycles. The fourth-order valence-electron chi connectivity index (χ4n) is 3.30. The molecule has 0 bridgehead atoms. The minimum Gasteiger partial charge on any atom is -0.497 e. The summed E-state index contributed by atoms with van der Waals surface area (Å²) in [6, 6.07) is 10.3. The van der Waals surface area contributed by atoms with Crippen LogP contribution in [0.1, 0.15) is 52.1 Å². The quantitative estimate of drug-likeness (QED) is 0.362. The van der Waals surface area contributed by atoms with E-state index in [-0.39, 0.29) is 11.7 Å². The van der Waals surface area contributed by atoms with Crippen LogP contribution in [0.3, 0.4) is 0 Å². The minimum atomic E-state index is -0.828. The van der Waals surface area contributed by atoms with Gasteiger partial charge in [0.05, 0.1) is 18.0 Å². The molecule has 1 amide bonds. The molecule has 0 spiro atoms. The molecule has 0 aliphatic rings. The zero-order valence-electron chi connectivity index (χ0n) is 19.7. The average Bonchev–Trinajstić information content (AvgIpc) is 3.24. The Morgan fingerprint density at radius 3 is 2.35 bits per heavy atom. The molecule has 3 rings (SSSR count). The van der Waals surface area contributed by atoms with E-state index < -0.39 is 28.9 Å². The Balaban J connectivity index is 1.77. The van der Waals surface area contributed by atoms with Crippen LogP contribution in [0, 0.1) is 11.6 Å². The summed E-state index contributed by atoms with van der Waals surface area (Å²) in [5.41, 5.74) is -0.0713. The molecule has 0 aliphatic heterocycles. The number of ether oxygens (including phenoxy) is 2. The highest BCUT2D eigenvalue weighted by atomic mass is 32.2. The van der Waals surface area contributed by atoms with E-state index in [4.69, 9.17) is 9.47 Å². The van der Waals surface area contributed by atoms with Crippen LogP contribution in [-0.2, 0) is 4.79 Å². The van der Waals surface area contributed by atoms with Gasteiger partial charge in [-0.2, -0.15) is 0 Å². The maximum Gasteiger partial charge on any atom is 0.238 e. The van der Waals surface area contributed by atoms with Crippen molar-refractivity contribution in [3.63, 3.8) is 0 Å². The van der Waals surface area contributed by atoms with Crippen molar-refractivity contribution in [3.8, 4) is 11.5 Å². The first-order chi connectivity index (χ1) is 16.2. The molecule has 3 aromatic rings. The largest absolute Gasteiger partial charge is 0.497 e. The van der Waals surface area contributed by atoms with Gasteiger partial charge >= 0.3 is 0 Å². The number of benzene rings is 2. The number of anilines is 1. The fraction of sp³-hybridized carbons (Fsp3) is 0.375. The molecule has 0 saturated carbocycles. The summed E-state index contributed by atoms with van der Waals surface area (Å²) in [4.78, 5) is 12.8. The third kappa shape index (κ3) is 6.05. The molecular formula is C24H28F2N4O3S. The van der Waals surface area contributed by atoms with Crippen molar-refractivity contribution in [1.29, 1.82) is 0 Å². The Kier molecular flexibility index (Phi) is 8.49. The van der Waals surface area contributed by atoms with E-state index >= 15 is 0 Å². The molecule has 2 unspecified atom stereocenters. The maximum atomic E-state index is 14.0. The summed E-state index contributed by atoms with van der Waals surface area (Å²) in [6.07, 6.45) is 0.0668. The van der Waals surface area contributed by atoms with Crippen LogP contribution in [0.5, 0.6) is 11.5 Å². The molecule has 0 saturated heterocycles. The first-order valence-electron chi connectivity index (χ1n) is 10.9. The van der Waals surface area contributed by atoms with Crippen LogP contribution in [0.15, 0.2) is 47.6 Å². The molecule has 10 heteroatoms. The third-order valence-electron chi connectivity index (χ3n) is 5.04. The number of carbonyl (C=O) groups is 1. The fourth-order valence-corrected chi connectivity index (χ4v) is 4.39. The molecule has 2 atom stereocenters. The van der Waals surface area contributed by atoms with E-state index in [1.165, 1.54) is 17.8 Å². The van der Waals surface area contributed by atoms with E-state index in [9.17, 15) is 13.6 Å². The van der Waals surface area contributed by atoms with Gasteiger partial charge in [-0.1, -0.05) is 18.7 Å². The predicted octanol–water partition coefficient (Wildman–Crippen LogP) is 5.80. The van der Waals surface area contributed by atoms with Crippen molar-refractivity contribution in [2.24, 2.45) is 0 Å². The summed E-state index contributed by atoms with van der Waals surface area (Å²) in [7, 11) is 1.60. The molecule has 0 radical (unpaired) electrons. The number of hydrogen-bond donors (Lipinski definition) is 1. The van der Waals surface area contributed by atoms with Crippen molar-refractivity contribution in [1.82, 2.24) is 14.8 Å². The normalized spacial score (nSPS) is 12.9. The van der Waals surface area contributed by atoms with Crippen molar-refractivity contribution in [2.75, 3.05) is 12.4 Å². The van der Waals surface area contributed by atoms with Crippen LogP contribution in [-0.4, -0.2) is 33.0 Å². The van der Waals surface area contributed by atoms with Gasteiger partial charge in [-0.25, -0.2) is 8.78 Å². The lowest BCUT2D eigenvalue weighted by Crippen LogP contribution is -2.26. The van der Waals surface area contributed by atoms with Gasteiger partial charge in [0.15, 0.2) is 17.1 Å². The summed E-state index contributed by atoms with van der Waals surface area (Å²) in [5, 5.41) is 11.2. The van der Waals surface area contributed by atoms with Gasteiger partial charge in [-0.3, -0.25) is 4.79 Å². The average molecular weight is 491 g/mol. The number of rotatable bonds is 10. The number of hydrogen-bond acceptors (Lipinski definition) is 6. The molecule has 7 nitrogen and oxygen atoms in total. The number of nitrogens with zero attached hydrogens (tertiary/aromatic N) is 3. The number of methoxy groups -OCH3 is 1. The maximum absolute atomic E-state index is 14.0. The number of halogens is 2. The van der Waals surface area contributed by atoms with Gasteiger partial charge < -0.3 is 19.4 Å². The lowest BCUT2D eigenvalue weighted by atomic mass is 10.2. The van der Waals surface area contributed by atoms with Crippen LogP contribution in [0.25, 0.3) is 0 Å². The second-order valence-electron chi connectivity index (χ2n) is 7.87. The molecule has 1 heterocycles. The SMILES string of the molecule is CCC(Sc1nnc(C(C)Oc2ccc(OC)cc2)n1C(C)C)C(=O)Nc1ccc(F)cc1F. The van der Waals surface area contributed by atoms with Gasteiger partial charge in [-0.15, -0.1) is 10.2 Å². The third-order valence-corrected chi connectivity index (χ3v) is 6.36. The van der Waals surface area contributed by atoms with Gasteiger partial charge in [-0.05, 0) is 63.6 Å². The summed E-state index contributed by atoms with van der Waals surface area (Å²) < 4.78 is 40.3.